The van der Waals surface area contributed by atoms with Crippen LogP contribution in [0.3, 0.4) is 0 Å². The minimum Gasteiger partial charge on any atom is -0.493 e. The molecule has 1 amide bonds. The number of ether oxygens (including phenoxy) is 2. The summed E-state index contributed by atoms with van der Waals surface area (Å²) in [6.45, 7) is 7.11. The number of nitrogens with one attached hydrogen (secondary N) is 1. The number of aromatic nitrogens is 1. The number of anilines is 1. The lowest BCUT2D eigenvalue weighted by atomic mass is 10.2. The molecule has 0 saturated carbocycles. The third kappa shape index (κ3) is 5.79. The number of amides is 1. The van der Waals surface area contributed by atoms with E-state index in [4.69, 9.17) is 9.47 Å². The van der Waals surface area contributed by atoms with Gasteiger partial charge < -0.3 is 14.8 Å². The first kappa shape index (κ1) is 18.8. The lowest BCUT2D eigenvalue weighted by Gasteiger charge is -2.34. The summed E-state index contributed by atoms with van der Waals surface area (Å²) in [7, 11) is 0. The lowest BCUT2D eigenvalue weighted by molar-refractivity contribution is -0.116. The third-order valence-corrected chi connectivity index (χ3v) is 4.83. The summed E-state index contributed by atoms with van der Waals surface area (Å²) in [6, 6.07) is 9.49. The van der Waals surface area contributed by atoms with Gasteiger partial charge in [0, 0.05) is 25.0 Å². The van der Waals surface area contributed by atoms with Crippen molar-refractivity contribution >= 4 is 22.4 Å². The number of hydrogen-bond donors (Lipinski definition) is 1. The summed E-state index contributed by atoms with van der Waals surface area (Å²) in [4.78, 5) is 18.9. The fraction of sp³-hybridized carbons (Fsp3) is 0.474. The molecular formula is C19H25N3O3S. The average molecular weight is 375 g/mol. The normalized spacial score (nSPS) is 20.7. The molecule has 0 aliphatic carbocycles. The first-order chi connectivity index (χ1) is 12.6. The summed E-state index contributed by atoms with van der Waals surface area (Å²) in [5.41, 5.74) is 0.979. The Morgan fingerprint density at radius 2 is 2.04 bits per heavy atom. The molecule has 1 aromatic heterocycles. The molecule has 0 spiro atoms. The number of morpholine rings is 1. The van der Waals surface area contributed by atoms with Crippen molar-refractivity contribution < 1.29 is 14.3 Å². The summed E-state index contributed by atoms with van der Waals surface area (Å²) in [6.07, 6.45) is 0.768. The zero-order valence-corrected chi connectivity index (χ0v) is 16.0. The minimum atomic E-state index is -0.0875. The number of para-hydroxylation sites is 1. The molecule has 1 aliphatic rings. The molecular weight excluding hydrogens is 350 g/mol. The third-order valence-electron chi connectivity index (χ3n) is 4.02. The second kappa shape index (κ2) is 9.12. The largest absolute Gasteiger partial charge is 0.493 e. The monoisotopic (exact) mass is 375 g/mol. The highest BCUT2D eigenvalue weighted by Gasteiger charge is 2.22. The number of rotatable bonds is 7. The van der Waals surface area contributed by atoms with E-state index in [1.54, 1.807) is 0 Å². The topological polar surface area (TPSA) is 63.7 Å². The van der Waals surface area contributed by atoms with E-state index in [-0.39, 0.29) is 18.1 Å². The van der Waals surface area contributed by atoms with Crippen LogP contribution in [0, 0.1) is 0 Å². The molecule has 3 rings (SSSR count). The van der Waals surface area contributed by atoms with E-state index in [2.05, 4.69) is 29.0 Å². The van der Waals surface area contributed by atoms with Gasteiger partial charge in [-0.1, -0.05) is 18.2 Å². The van der Waals surface area contributed by atoms with E-state index in [9.17, 15) is 4.79 Å². The molecule has 1 aromatic carbocycles. The highest BCUT2D eigenvalue weighted by molar-refractivity contribution is 7.13. The first-order valence-corrected chi connectivity index (χ1v) is 9.76. The zero-order valence-electron chi connectivity index (χ0n) is 15.2. The number of carbonyl (C=O) groups excluding carboxylic acids is 1. The zero-order chi connectivity index (χ0) is 18.4. The van der Waals surface area contributed by atoms with Crippen molar-refractivity contribution in [1.29, 1.82) is 0 Å². The van der Waals surface area contributed by atoms with Crippen LogP contribution in [0.5, 0.6) is 5.75 Å². The number of hydrogen-bond acceptors (Lipinski definition) is 6. The van der Waals surface area contributed by atoms with E-state index in [1.807, 2.05) is 35.7 Å². The van der Waals surface area contributed by atoms with Crippen molar-refractivity contribution in [2.24, 2.45) is 0 Å². The highest BCUT2D eigenvalue weighted by Crippen LogP contribution is 2.19. The summed E-state index contributed by atoms with van der Waals surface area (Å²) >= 11 is 1.46. The van der Waals surface area contributed by atoms with Gasteiger partial charge in [0.1, 0.15) is 5.75 Å². The Bertz CT molecular complexity index is 697. The lowest BCUT2D eigenvalue weighted by Crippen LogP contribution is -2.44. The van der Waals surface area contributed by atoms with E-state index in [1.165, 1.54) is 11.3 Å². The van der Waals surface area contributed by atoms with Crippen LogP contribution in [-0.4, -0.2) is 47.7 Å². The molecule has 2 atom stereocenters. The predicted molar refractivity (Wildman–Crippen MR) is 103 cm³/mol. The van der Waals surface area contributed by atoms with Crippen LogP contribution in [0.1, 0.15) is 26.0 Å². The molecule has 7 heteroatoms. The van der Waals surface area contributed by atoms with Gasteiger partial charge in [0.2, 0.25) is 5.91 Å². The molecule has 0 radical (unpaired) electrons. The molecule has 1 saturated heterocycles. The Hall–Kier alpha value is -1.96. The number of carbonyl (C=O) groups is 1. The Labute approximate surface area is 158 Å². The molecule has 0 bridgehead atoms. The van der Waals surface area contributed by atoms with Crippen molar-refractivity contribution in [2.45, 2.75) is 39.0 Å². The van der Waals surface area contributed by atoms with Crippen LogP contribution >= 0.6 is 11.3 Å². The van der Waals surface area contributed by atoms with Crippen LogP contribution in [-0.2, 0) is 16.1 Å². The fourth-order valence-electron chi connectivity index (χ4n) is 3.04. The van der Waals surface area contributed by atoms with Crippen molar-refractivity contribution in [3.8, 4) is 5.75 Å². The molecule has 6 nitrogen and oxygen atoms in total. The van der Waals surface area contributed by atoms with Crippen molar-refractivity contribution in [2.75, 3.05) is 25.0 Å². The van der Waals surface area contributed by atoms with E-state index in [0.717, 1.165) is 31.1 Å². The van der Waals surface area contributed by atoms with Gasteiger partial charge in [0.25, 0.3) is 0 Å². The van der Waals surface area contributed by atoms with Crippen molar-refractivity contribution in [3.05, 3.63) is 41.4 Å². The van der Waals surface area contributed by atoms with Gasteiger partial charge in [-0.15, -0.1) is 11.3 Å². The van der Waals surface area contributed by atoms with Gasteiger partial charge in [-0.05, 0) is 26.0 Å². The fourth-order valence-corrected chi connectivity index (χ4v) is 3.76. The minimum absolute atomic E-state index is 0.0875. The Morgan fingerprint density at radius 3 is 2.77 bits per heavy atom. The molecule has 140 valence electrons. The van der Waals surface area contributed by atoms with Gasteiger partial charge in [-0.3, -0.25) is 9.69 Å². The van der Waals surface area contributed by atoms with E-state index >= 15 is 0 Å². The quantitative estimate of drug-likeness (QED) is 0.805. The molecule has 26 heavy (non-hydrogen) atoms. The number of benzene rings is 1. The molecule has 1 N–H and O–H groups in total. The molecule has 2 heterocycles. The summed E-state index contributed by atoms with van der Waals surface area (Å²) < 4.78 is 11.3. The maximum absolute atomic E-state index is 12.0. The Kier molecular flexibility index (Phi) is 6.60. The highest BCUT2D eigenvalue weighted by atomic mass is 32.1. The Balaban J connectivity index is 1.42. The first-order valence-electron chi connectivity index (χ1n) is 8.88. The molecule has 1 aliphatic heterocycles. The summed E-state index contributed by atoms with van der Waals surface area (Å²) in [5, 5.41) is 5.49. The maximum atomic E-state index is 12.0. The smallest absolute Gasteiger partial charge is 0.229 e. The van der Waals surface area contributed by atoms with Crippen LogP contribution in [0.4, 0.5) is 5.13 Å². The van der Waals surface area contributed by atoms with Crippen LogP contribution in [0.2, 0.25) is 0 Å². The van der Waals surface area contributed by atoms with Gasteiger partial charge >= 0.3 is 0 Å². The second-order valence-corrected chi connectivity index (χ2v) is 7.41. The van der Waals surface area contributed by atoms with Gasteiger partial charge in [-0.25, -0.2) is 4.98 Å². The van der Waals surface area contributed by atoms with Gasteiger partial charge in [-0.2, -0.15) is 0 Å². The Morgan fingerprint density at radius 1 is 1.31 bits per heavy atom. The number of nitrogens with zero attached hydrogens (tertiary/aromatic N) is 2. The van der Waals surface area contributed by atoms with Crippen LogP contribution in [0.25, 0.3) is 0 Å². The van der Waals surface area contributed by atoms with Crippen molar-refractivity contribution in [1.82, 2.24) is 9.88 Å². The standard InChI is InChI=1S/C19H25N3O3S/c1-14-10-22(11-15(2)25-14)12-16-13-26-19(20-16)21-18(23)8-9-24-17-6-4-3-5-7-17/h3-7,13-15H,8-12H2,1-2H3,(H,20,21,23). The van der Waals surface area contributed by atoms with E-state index in [0.29, 0.717) is 18.2 Å². The van der Waals surface area contributed by atoms with Crippen LogP contribution < -0.4 is 10.1 Å². The second-order valence-electron chi connectivity index (χ2n) is 6.56. The SMILES string of the molecule is CC1CN(Cc2csc(NC(=O)CCOc3ccccc3)n2)CC(C)O1. The van der Waals surface area contributed by atoms with Gasteiger partial charge in [0.05, 0.1) is 30.9 Å². The summed E-state index contributed by atoms with van der Waals surface area (Å²) in [5.74, 6) is 0.682. The molecule has 1 fully saturated rings. The number of thiazole rings is 1. The predicted octanol–water partition coefficient (Wildman–Crippen LogP) is 3.16. The van der Waals surface area contributed by atoms with E-state index < -0.39 is 0 Å². The molecule has 2 aromatic rings. The molecule has 2 unspecified atom stereocenters. The van der Waals surface area contributed by atoms with Gasteiger partial charge in [0.15, 0.2) is 5.13 Å². The van der Waals surface area contributed by atoms with Crippen molar-refractivity contribution in [3.63, 3.8) is 0 Å². The maximum Gasteiger partial charge on any atom is 0.229 e. The average Bonchev–Trinajstić information content (AvgIpc) is 3.01. The van der Waals surface area contributed by atoms with Crippen LogP contribution in [0.15, 0.2) is 35.7 Å².